The Morgan fingerprint density at radius 3 is 2.58 bits per heavy atom. The maximum Gasteiger partial charge on any atom is 0.277 e. The number of hydrogen-bond acceptors (Lipinski definition) is 5. The molecular formula is C18H13N3O3. The van der Waals surface area contributed by atoms with Gasteiger partial charge in [-0.15, -0.1) is 0 Å². The van der Waals surface area contributed by atoms with Gasteiger partial charge in [-0.3, -0.25) is 4.79 Å². The van der Waals surface area contributed by atoms with E-state index < -0.39 is 0 Å². The van der Waals surface area contributed by atoms with Crippen molar-refractivity contribution in [2.24, 2.45) is 0 Å². The number of nitrogens with zero attached hydrogens (tertiary/aromatic N) is 2. The zero-order chi connectivity index (χ0) is 16.5. The summed E-state index contributed by atoms with van der Waals surface area (Å²) in [7, 11) is 0. The number of anilines is 1. The lowest BCUT2D eigenvalue weighted by Gasteiger charge is -2.03. The Labute approximate surface area is 137 Å². The topological polar surface area (TPSA) is 81.2 Å². The second-order valence-electron chi connectivity index (χ2n) is 5.34. The van der Waals surface area contributed by atoms with E-state index in [1.807, 2.05) is 36.4 Å². The van der Waals surface area contributed by atoms with Crippen molar-refractivity contribution in [1.29, 1.82) is 0 Å². The number of fused-ring (bicyclic) bond motifs is 1. The first-order valence-corrected chi connectivity index (χ1v) is 7.40. The van der Waals surface area contributed by atoms with Crippen molar-refractivity contribution in [3.05, 3.63) is 66.1 Å². The van der Waals surface area contributed by atoms with Crippen molar-refractivity contribution >= 4 is 22.7 Å². The number of carbonyl (C=O) groups is 1. The van der Waals surface area contributed by atoms with E-state index in [1.54, 1.807) is 25.1 Å². The quantitative estimate of drug-likeness (QED) is 0.616. The molecule has 0 saturated carbocycles. The monoisotopic (exact) mass is 319 g/mol. The van der Waals surface area contributed by atoms with E-state index in [4.69, 9.17) is 8.94 Å². The second-order valence-corrected chi connectivity index (χ2v) is 5.34. The molecule has 4 aromatic rings. The molecule has 0 radical (unpaired) electrons. The number of aromatic nitrogens is 2. The van der Waals surface area contributed by atoms with Crippen molar-refractivity contribution in [3.63, 3.8) is 0 Å². The molecule has 0 unspecified atom stereocenters. The minimum Gasteiger partial charge on any atom is -0.436 e. The fourth-order valence-corrected chi connectivity index (χ4v) is 2.36. The molecule has 0 fully saturated rings. The van der Waals surface area contributed by atoms with Crippen LogP contribution in [0.4, 0.5) is 5.69 Å². The van der Waals surface area contributed by atoms with Gasteiger partial charge in [-0.05, 0) is 43.3 Å². The number of aryl methyl sites for hydroxylation is 1. The highest BCUT2D eigenvalue weighted by atomic mass is 16.5. The summed E-state index contributed by atoms with van der Waals surface area (Å²) in [6.45, 7) is 1.74. The molecule has 0 spiro atoms. The molecule has 0 aliphatic rings. The Hall–Kier alpha value is -3.41. The average molecular weight is 319 g/mol. The van der Waals surface area contributed by atoms with Crippen LogP contribution in [0, 0.1) is 6.92 Å². The molecule has 0 aliphatic carbocycles. The first-order valence-electron chi connectivity index (χ1n) is 7.40. The summed E-state index contributed by atoms with van der Waals surface area (Å²) < 4.78 is 10.6. The number of amides is 1. The van der Waals surface area contributed by atoms with Crippen molar-refractivity contribution in [1.82, 2.24) is 10.1 Å². The van der Waals surface area contributed by atoms with Crippen LogP contribution >= 0.6 is 0 Å². The van der Waals surface area contributed by atoms with E-state index >= 15 is 0 Å². The van der Waals surface area contributed by atoms with Gasteiger partial charge in [0.1, 0.15) is 11.3 Å². The van der Waals surface area contributed by atoms with Crippen LogP contribution in [0.25, 0.3) is 22.6 Å². The summed E-state index contributed by atoms with van der Waals surface area (Å²) in [6, 6.07) is 16.4. The molecule has 1 amide bonds. The zero-order valence-corrected chi connectivity index (χ0v) is 12.8. The lowest BCUT2D eigenvalue weighted by atomic mass is 10.2. The van der Waals surface area contributed by atoms with Crippen LogP contribution in [0.5, 0.6) is 0 Å². The Balaban J connectivity index is 1.55. The molecule has 118 valence electrons. The molecule has 24 heavy (non-hydrogen) atoms. The predicted octanol–water partition coefficient (Wildman–Crippen LogP) is 4.04. The van der Waals surface area contributed by atoms with Crippen molar-refractivity contribution in [3.8, 4) is 11.5 Å². The van der Waals surface area contributed by atoms with Crippen LogP contribution in [-0.4, -0.2) is 16.0 Å². The third-order valence-electron chi connectivity index (χ3n) is 3.54. The van der Waals surface area contributed by atoms with Crippen LogP contribution < -0.4 is 5.32 Å². The lowest BCUT2D eigenvalue weighted by Crippen LogP contribution is -2.11. The van der Waals surface area contributed by atoms with Gasteiger partial charge in [0, 0.05) is 17.3 Å². The number of nitrogens with one attached hydrogen (secondary N) is 1. The van der Waals surface area contributed by atoms with Crippen LogP contribution in [0.2, 0.25) is 0 Å². The van der Waals surface area contributed by atoms with Gasteiger partial charge in [0.15, 0.2) is 11.3 Å². The number of benzene rings is 2. The zero-order valence-electron chi connectivity index (χ0n) is 12.8. The minimum atomic E-state index is -0.318. The average Bonchev–Trinajstić information content (AvgIpc) is 3.21. The van der Waals surface area contributed by atoms with E-state index in [-0.39, 0.29) is 11.6 Å². The van der Waals surface area contributed by atoms with Gasteiger partial charge in [0.05, 0.1) is 0 Å². The highest BCUT2D eigenvalue weighted by Gasteiger charge is 2.12. The molecule has 1 N–H and O–H groups in total. The third kappa shape index (κ3) is 2.65. The first kappa shape index (κ1) is 14.2. The summed E-state index contributed by atoms with van der Waals surface area (Å²) in [5.74, 6) is 0.814. The molecule has 0 saturated heterocycles. The predicted molar refractivity (Wildman–Crippen MR) is 88.6 cm³/mol. The molecule has 0 aliphatic heterocycles. The van der Waals surface area contributed by atoms with E-state index in [1.165, 1.54) is 0 Å². The van der Waals surface area contributed by atoms with Crippen LogP contribution in [0.3, 0.4) is 0 Å². The van der Waals surface area contributed by atoms with Gasteiger partial charge in [-0.25, -0.2) is 4.98 Å². The highest BCUT2D eigenvalue weighted by Crippen LogP contribution is 2.25. The highest BCUT2D eigenvalue weighted by molar-refractivity contribution is 6.02. The second kappa shape index (κ2) is 5.66. The normalized spacial score (nSPS) is 10.9. The Morgan fingerprint density at radius 1 is 1.08 bits per heavy atom. The fourth-order valence-electron chi connectivity index (χ4n) is 2.36. The minimum absolute atomic E-state index is 0.246. The molecule has 4 rings (SSSR count). The van der Waals surface area contributed by atoms with Gasteiger partial charge >= 0.3 is 0 Å². The van der Waals surface area contributed by atoms with Crippen LogP contribution in [0.15, 0.2) is 63.5 Å². The number of rotatable bonds is 3. The summed E-state index contributed by atoms with van der Waals surface area (Å²) in [6.07, 6.45) is 0. The molecule has 2 heterocycles. The standard InChI is InChI=1S/C18H13N3O3/c1-11-10-15(21-24-11)17(22)19-13-8-6-12(7-9-13)18-20-14-4-2-3-5-16(14)23-18/h2-10H,1H3,(H,19,22). The SMILES string of the molecule is Cc1cc(C(=O)Nc2ccc(-c3nc4ccccc4o3)cc2)no1. The number of carbonyl (C=O) groups excluding carboxylic acids is 1. The summed E-state index contributed by atoms with van der Waals surface area (Å²) in [5, 5.41) is 6.45. The maximum atomic E-state index is 12.0. The molecule has 6 nitrogen and oxygen atoms in total. The van der Waals surface area contributed by atoms with E-state index in [0.717, 1.165) is 16.7 Å². The third-order valence-corrected chi connectivity index (χ3v) is 3.54. The van der Waals surface area contributed by atoms with Crippen molar-refractivity contribution < 1.29 is 13.7 Å². The first-order chi connectivity index (χ1) is 11.7. The van der Waals surface area contributed by atoms with Crippen LogP contribution in [-0.2, 0) is 0 Å². The van der Waals surface area contributed by atoms with Gasteiger partial charge < -0.3 is 14.3 Å². The van der Waals surface area contributed by atoms with Gasteiger partial charge in [-0.2, -0.15) is 0 Å². The molecule has 2 aromatic heterocycles. The molecule has 0 atom stereocenters. The Bertz CT molecular complexity index is 982. The Kier molecular flexibility index (Phi) is 3.35. The largest absolute Gasteiger partial charge is 0.436 e. The summed E-state index contributed by atoms with van der Waals surface area (Å²) >= 11 is 0. The van der Waals surface area contributed by atoms with E-state index in [0.29, 0.717) is 17.3 Å². The molecule has 2 aromatic carbocycles. The lowest BCUT2D eigenvalue weighted by molar-refractivity contribution is 0.101. The maximum absolute atomic E-state index is 12.0. The van der Waals surface area contributed by atoms with Crippen molar-refractivity contribution in [2.75, 3.05) is 5.32 Å². The van der Waals surface area contributed by atoms with E-state index in [2.05, 4.69) is 15.5 Å². The van der Waals surface area contributed by atoms with Crippen LogP contribution in [0.1, 0.15) is 16.2 Å². The van der Waals surface area contributed by atoms with Crippen molar-refractivity contribution in [2.45, 2.75) is 6.92 Å². The Morgan fingerprint density at radius 2 is 1.88 bits per heavy atom. The van der Waals surface area contributed by atoms with Gasteiger partial charge in [0.2, 0.25) is 5.89 Å². The molecule has 0 bridgehead atoms. The smallest absolute Gasteiger partial charge is 0.277 e. The summed E-state index contributed by atoms with van der Waals surface area (Å²) in [5.41, 5.74) is 3.29. The van der Waals surface area contributed by atoms with E-state index in [9.17, 15) is 4.79 Å². The fraction of sp³-hybridized carbons (Fsp3) is 0.0556. The molecule has 6 heteroatoms. The summed E-state index contributed by atoms with van der Waals surface area (Å²) in [4.78, 5) is 16.5. The number of oxazole rings is 1. The van der Waals surface area contributed by atoms with Gasteiger partial charge in [0.25, 0.3) is 5.91 Å². The number of hydrogen-bond donors (Lipinski definition) is 1. The van der Waals surface area contributed by atoms with Gasteiger partial charge in [-0.1, -0.05) is 17.3 Å². The molecular weight excluding hydrogens is 306 g/mol. The number of para-hydroxylation sites is 2.